The average Bonchev–Trinajstić information content (AvgIpc) is 3.11. The maximum atomic E-state index is 6.07. The number of halogens is 1. The highest BCUT2D eigenvalue weighted by Gasteiger charge is 2.22. The van der Waals surface area contributed by atoms with Crippen molar-refractivity contribution in [3.8, 4) is 5.69 Å². The summed E-state index contributed by atoms with van der Waals surface area (Å²) in [5, 5.41) is 11.7. The van der Waals surface area contributed by atoms with Gasteiger partial charge in [0.1, 0.15) is 0 Å². The zero-order valence-corrected chi connectivity index (χ0v) is 11.6. The van der Waals surface area contributed by atoms with Crippen LogP contribution in [0.5, 0.6) is 0 Å². The van der Waals surface area contributed by atoms with E-state index in [2.05, 4.69) is 15.6 Å². The molecule has 0 bridgehead atoms. The smallest absolute Gasteiger partial charge is 0.198 e. The number of nitrogens with one attached hydrogen (secondary N) is 1. The second-order valence-electron chi connectivity index (χ2n) is 4.28. The van der Waals surface area contributed by atoms with E-state index in [4.69, 9.17) is 16.0 Å². The van der Waals surface area contributed by atoms with Gasteiger partial charge in [0.25, 0.3) is 0 Å². The van der Waals surface area contributed by atoms with Gasteiger partial charge in [-0.05, 0) is 36.8 Å². The fraction of sp³-hybridized carbons (Fsp3) is 0.143. The Morgan fingerprint density at radius 3 is 2.70 bits per heavy atom. The number of hydrogen-bond donors (Lipinski definition) is 1. The SMILES string of the molecule is CNC(c1ccoc1Cl)c1cnnn1-c1ccccc1. The van der Waals surface area contributed by atoms with Crippen molar-refractivity contribution in [3.63, 3.8) is 0 Å². The molecule has 20 heavy (non-hydrogen) atoms. The van der Waals surface area contributed by atoms with Crippen molar-refractivity contribution in [2.45, 2.75) is 6.04 Å². The van der Waals surface area contributed by atoms with Gasteiger partial charge in [0, 0.05) is 5.56 Å². The van der Waals surface area contributed by atoms with Crippen LogP contribution in [-0.4, -0.2) is 22.0 Å². The first-order valence-electron chi connectivity index (χ1n) is 6.17. The van der Waals surface area contributed by atoms with Crippen LogP contribution in [0.4, 0.5) is 0 Å². The van der Waals surface area contributed by atoms with Crippen molar-refractivity contribution in [1.29, 1.82) is 0 Å². The van der Waals surface area contributed by atoms with Crippen molar-refractivity contribution in [2.75, 3.05) is 7.05 Å². The fourth-order valence-electron chi connectivity index (χ4n) is 2.18. The van der Waals surface area contributed by atoms with Crippen LogP contribution in [0.3, 0.4) is 0 Å². The number of nitrogens with zero attached hydrogens (tertiary/aromatic N) is 3. The quantitative estimate of drug-likeness (QED) is 0.802. The maximum Gasteiger partial charge on any atom is 0.198 e. The lowest BCUT2D eigenvalue weighted by atomic mass is 10.1. The van der Waals surface area contributed by atoms with E-state index >= 15 is 0 Å². The second-order valence-corrected chi connectivity index (χ2v) is 4.62. The minimum Gasteiger partial charge on any atom is -0.453 e. The summed E-state index contributed by atoms with van der Waals surface area (Å²) in [6, 6.07) is 11.5. The monoisotopic (exact) mass is 288 g/mol. The number of benzene rings is 1. The summed E-state index contributed by atoms with van der Waals surface area (Å²) in [7, 11) is 1.86. The van der Waals surface area contributed by atoms with Crippen LogP contribution >= 0.6 is 11.6 Å². The third-order valence-corrected chi connectivity index (χ3v) is 3.43. The molecule has 1 atom stereocenters. The van der Waals surface area contributed by atoms with Crippen LogP contribution in [0.2, 0.25) is 5.22 Å². The van der Waals surface area contributed by atoms with Crippen LogP contribution in [-0.2, 0) is 0 Å². The van der Waals surface area contributed by atoms with E-state index in [1.807, 2.05) is 43.4 Å². The van der Waals surface area contributed by atoms with E-state index in [-0.39, 0.29) is 6.04 Å². The number of rotatable bonds is 4. The number of hydrogen-bond acceptors (Lipinski definition) is 4. The Morgan fingerprint density at radius 2 is 2.05 bits per heavy atom. The minimum atomic E-state index is -0.142. The van der Waals surface area contributed by atoms with E-state index in [0.717, 1.165) is 16.9 Å². The lowest BCUT2D eigenvalue weighted by Gasteiger charge is -2.16. The summed E-state index contributed by atoms with van der Waals surface area (Å²) in [5.74, 6) is 0. The molecule has 0 saturated carbocycles. The highest BCUT2D eigenvalue weighted by molar-refractivity contribution is 6.29. The third-order valence-electron chi connectivity index (χ3n) is 3.12. The van der Waals surface area contributed by atoms with Gasteiger partial charge < -0.3 is 9.73 Å². The first kappa shape index (κ1) is 12.9. The molecule has 0 aliphatic rings. The Labute approximate surface area is 121 Å². The lowest BCUT2D eigenvalue weighted by molar-refractivity contribution is 0.556. The maximum absolute atomic E-state index is 6.07. The number of aromatic nitrogens is 3. The van der Waals surface area contributed by atoms with E-state index in [1.165, 1.54) is 0 Å². The van der Waals surface area contributed by atoms with Crippen molar-refractivity contribution >= 4 is 11.6 Å². The number of para-hydroxylation sites is 1. The number of furan rings is 1. The third kappa shape index (κ3) is 2.21. The summed E-state index contributed by atoms with van der Waals surface area (Å²) in [4.78, 5) is 0. The van der Waals surface area contributed by atoms with Crippen LogP contribution in [0, 0.1) is 0 Å². The van der Waals surface area contributed by atoms with E-state index in [9.17, 15) is 0 Å². The topological polar surface area (TPSA) is 55.9 Å². The van der Waals surface area contributed by atoms with Gasteiger partial charge in [0.05, 0.1) is 29.9 Å². The molecule has 0 radical (unpaired) electrons. The molecule has 2 aromatic heterocycles. The van der Waals surface area contributed by atoms with E-state index in [1.54, 1.807) is 17.1 Å². The molecular weight excluding hydrogens is 276 g/mol. The van der Waals surface area contributed by atoms with Crippen molar-refractivity contribution in [1.82, 2.24) is 20.3 Å². The Kier molecular flexibility index (Phi) is 3.54. The Hall–Kier alpha value is -2.11. The normalized spacial score (nSPS) is 12.5. The Bertz CT molecular complexity index is 692. The van der Waals surface area contributed by atoms with Crippen molar-refractivity contribution < 1.29 is 4.42 Å². The average molecular weight is 289 g/mol. The highest BCUT2D eigenvalue weighted by atomic mass is 35.5. The summed E-state index contributed by atoms with van der Waals surface area (Å²) in [6.07, 6.45) is 3.29. The van der Waals surface area contributed by atoms with Crippen LogP contribution < -0.4 is 5.32 Å². The van der Waals surface area contributed by atoms with E-state index < -0.39 is 0 Å². The molecule has 0 saturated heterocycles. The molecule has 0 spiro atoms. The first-order chi connectivity index (χ1) is 9.81. The van der Waals surface area contributed by atoms with Gasteiger partial charge in [-0.1, -0.05) is 23.4 Å². The van der Waals surface area contributed by atoms with Gasteiger partial charge in [-0.2, -0.15) is 0 Å². The molecule has 0 aliphatic carbocycles. The van der Waals surface area contributed by atoms with Gasteiger partial charge in [0.15, 0.2) is 5.22 Å². The van der Waals surface area contributed by atoms with Gasteiger partial charge in [-0.15, -0.1) is 5.10 Å². The molecule has 6 heteroatoms. The molecule has 102 valence electrons. The Morgan fingerprint density at radius 1 is 1.25 bits per heavy atom. The Balaban J connectivity index is 2.07. The van der Waals surface area contributed by atoms with E-state index in [0.29, 0.717) is 5.22 Å². The summed E-state index contributed by atoms with van der Waals surface area (Å²) in [6.45, 7) is 0. The predicted octanol–water partition coefficient (Wildman–Crippen LogP) is 2.82. The minimum absolute atomic E-state index is 0.142. The fourth-order valence-corrected chi connectivity index (χ4v) is 2.41. The molecule has 1 N–H and O–H groups in total. The van der Waals surface area contributed by atoms with Gasteiger partial charge in [0.2, 0.25) is 0 Å². The molecule has 1 unspecified atom stereocenters. The van der Waals surface area contributed by atoms with Gasteiger partial charge in [-0.25, -0.2) is 4.68 Å². The molecule has 2 heterocycles. The second kappa shape index (κ2) is 5.48. The standard InChI is InChI=1S/C14H13ClN4O/c1-16-13(11-7-8-20-14(11)15)12-9-17-18-19(12)10-5-3-2-4-6-10/h2-9,13,16H,1H3. The van der Waals surface area contributed by atoms with Crippen molar-refractivity contribution in [3.05, 3.63) is 65.3 Å². The molecule has 1 aromatic carbocycles. The summed E-state index contributed by atoms with van der Waals surface area (Å²) >= 11 is 6.07. The summed E-state index contributed by atoms with van der Waals surface area (Å²) < 4.78 is 6.95. The van der Waals surface area contributed by atoms with Crippen molar-refractivity contribution in [2.24, 2.45) is 0 Å². The zero-order valence-electron chi connectivity index (χ0n) is 10.8. The zero-order chi connectivity index (χ0) is 13.9. The van der Waals surface area contributed by atoms with Crippen LogP contribution in [0.25, 0.3) is 5.69 Å². The van der Waals surface area contributed by atoms with Crippen LogP contribution in [0.15, 0.2) is 53.3 Å². The molecule has 3 rings (SSSR count). The molecule has 0 amide bonds. The molecule has 3 aromatic rings. The highest BCUT2D eigenvalue weighted by Crippen LogP contribution is 2.29. The first-order valence-corrected chi connectivity index (χ1v) is 6.55. The molecule has 0 aliphatic heterocycles. The largest absolute Gasteiger partial charge is 0.453 e. The van der Waals surface area contributed by atoms with Gasteiger partial charge in [-0.3, -0.25) is 0 Å². The summed E-state index contributed by atoms with van der Waals surface area (Å²) in [5.41, 5.74) is 2.69. The lowest BCUT2D eigenvalue weighted by Crippen LogP contribution is -2.20. The van der Waals surface area contributed by atoms with Crippen LogP contribution in [0.1, 0.15) is 17.3 Å². The molecular formula is C14H13ClN4O. The molecule has 5 nitrogen and oxygen atoms in total. The predicted molar refractivity (Wildman–Crippen MR) is 76.0 cm³/mol. The molecule has 0 fully saturated rings. The van der Waals surface area contributed by atoms with Gasteiger partial charge >= 0.3 is 0 Å².